The Balaban J connectivity index is 1.69. The van der Waals surface area contributed by atoms with Crippen LogP contribution in [0, 0.1) is 3.77 Å². The number of rotatable bonds is 2. The summed E-state index contributed by atoms with van der Waals surface area (Å²) < 4.78 is 46.9. The van der Waals surface area contributed by atoms with Crippen LogP contribution in [-0.2, 0) is 12.8 Å². The largest absolute Gasteiger partial charge is 0.451 e. The van der Waals surface area contributed by atoms with Crippen LogP contribution in [0.3, 0.4) is 0 Å². The normalized spacial score (nSPS) is 15.0. The van der Waals surface area contributed by atoms with Crippen LogP contribution in [0.4, 0.5) is 18.9 Å². The van der Waals surface area contributed by atoms with Gasteiger partial charge in [-0.15, -0.1) is 0 Å². The highest BCUT2D eigenvalue weighted by Gasteiger charge is 2.31. The fourth-order valence-electron chi connectivity index (χ4n) is 2.69. The molecule has 140 valence electrons. The van der Waals surface area contributed by atoms with E-state index in [9.17, 15) is 18.0 Å². The number of furan rings is 1. The molecule has 0 N–H and O–H groups in total. The zero-order valence-corrected chi connectivity index (χ0v) is 16.5. The molecule has 0 atom stereocenters. The summed E-state index contributed by atoms with van der Waals surface area (Å²) in [5, 5.41) is 0. The van der Waals surface area contributed by atoms with Crippen molar-refractivity contribution in [2.24, 2.45) is 4.99 Å². The van der Waals surface area contributed by atoms with Crippen molar-refractivity contribution in [3.63, 3.8) is 0 Å². The molecular formula is C17H11F3IN3O2S. The van der Waals surface area contributed by atoms with E-state index < -0.39 is 11.7 Å². The van der Waals surface area contributed by atoms with Crippen molar-refractivity contribution in [3.8, 4) is 0 Å². The van der Waals surface area contributed by atoms with Gasteiger partial charge in [-0.3, -0.25) is 9.36 Å². The molecule has 2 aromatic heterocycles. The Morgan fingerprint density at radius 3 is 2.78 bits per heavy atom. The van der Waals surface area contributed by atoms with E-state index >= 15 is 0 Å². The lowest BCUT2D eigenvalue weighted by Crippen LogP contribution is -2.42. The molecule has 0 spiro atoms. The third-order valence-electron chi connectivity index (χ3n) is 3.98. The van der Waals surface area contributed by atoms with Crippen LogP contribution < -0.4 is 19.8 Å². The van der Waals surface area contributed by atoms with Crippen LogP contribution in [-0.4, -0.2) is 11.2 Å². The van der Waals surface area contributed by atoms with Gasteiger partial charge in [-0.1, -0.05) is 17.4 Å². The Labute approximate surface area is 168 Å². The number of hydrogen-bond donors (Lipinski definition) is 0. The first kappa shape index (κ1) is 18.3. The quantitative estimate of drug-likeness (QED) is 0.504. The van der Waals surface area contributed by atoms with E-state index in [-0.39, 0.29) is 18.9 Å². The average Bonchev–Trinajstić information content (AvgIpc) is 3.18. The lowest BCUT2D eigenvalue weighted by molar-refractivity contribution is -0.137. The number of benzene rings is 1. The molecule has 0 radical (unpaired) electrons. The predicted octanol–water partition coefficient (Wildman–Crippen LogP) is 3.01. The van der Waals surface area contributed by atoms with Gasteiger partial charge in [0.15, 0.2) is 8.57 Å². The molecule has 0 saturated heterocycles. The zero-order valence-electron chi connectivity index (χ0n) is 13.5. The molecule has 5 nitrogen and oxygen atoms in total. The van der Waals surface area contributed by atoms with Crippen molar-refractivity contribution in [2.75, 3.05) is 11.6 Å². The van der Waals surface area contributed by atoms with E-state index in [1.165, 1.54) is 22.0 Å². The van der Waals surface area contributed by atoms with Gasteiger partial charge in [0.25, 0.3) is 5.56 Å². The minimum absolute atomic E-state index is 0.138. The number of halogens is 4. The molecule has 0 amide bonds. The Bertz CT molecular complexity index is 1180. The van der Waals surface area contributed by atoms with E-state index in [4.69, 9.17) is 4.42 Å². The Morgan fingerprint density at radius 1 is 1.26 bits per heavy atom. The molecule has 0 aliphatic carbocycles. The first-order valence-corrected chi connectivity index (χ1v) is 9.64. The first-order chi connectivity index (χ1) is 12.8. The highest BCUT2D eigenvalue weighted by atomic mass is 127. The van der Waals surface area contributed by atoms with Crippen molar-refractivity contribution in [3.05, 3.63) is 71.2 Å². The third kappa shape index (κ3) is 3.68. The summed E-state index contributed by atoms with van der Waals surface area (Å²) in [4.78, 5) is 19.2. The molecule has 3 heterocycles. The molecule has 1 aliphatic heterocycles. The van der Waals surface area contributed by atoms with E-state index in [0.29, 0.717) is 24.5 Å². The second kappa shape index (κ2) is 6.82. The number of nitrogens with zero attached hydrogens (tertiary/aromatic N) is 3. The second-order valence-corrected chi connectivity index (χ2v) is 7.87. The number of alkyl halides is 3. The summed E-state index contributed by atoms with van der Waals surface area (Å²) >= 11 is 3.26. The second-order valence-electron chi connectivity index (χ2n) is 5.80. The monoisotopic (exact) mass is 505 g/mol. The predicted molar refractivity (Wildman–Crippen MR) is 103 cm³/mol. The molecule has 27 heavy (non-hydrogen) atoms. The van der Waals surface area contributed by atoms with Crippen LogP contribution in [0.1, 0.15) is 11.3 Å². The summed E-state index contributed by atoms with van der Waals surface area (Å²) in [6.07, 6.45) is -2.78. The van der Waals surface area contributed by atoms with Crippen molar-refractivity contribution < 1.29 is 17.6 Å². The third-order valence-corrected chi connectivity index (χ3v) is 5.61. The molecule has 0 fully saturated rings. The smallest absolute Gasteiger partial charge is 0.416 e. The van der Waals surface area contributed by atoms with Gasteiger partial charge < -0.3 is 9.32 Å². The number of aromatic nitrogens is 1. The van der Waals surface area contributed by atoms with Crippen LogP contribution >= 0.6 is 33.9 Å². The molecule has 1 aliphatic rings. The maximum absolute atomic E-state index is 12.9. The van der Waals surface area contributed by atoms with Crippen LogP contribution in [0.5, 0.6) is 0 Å². The van der Waals surface area contributed by atoms with Crippen molar-refractivity contribution in [1.29, 1.82) is 0 Å². The minimum Gasteiger partial charge on any atom is -0.451 e. The van der Waals surface area contributed by atoms with Gasteiger partial charge in [0.1, 0.15) is 19.1 Å². The number of thiazole rings is 1. The number of fused-ring (bicyclic) bond motifs is 1. The summed E-state index contributed by atoms with van der Waals surface area (Å²) in [5.74, 6) is 0.561. The zero-order chi connectivity index (χ0) is 19.2. The van der Waals surface area contributed by atoms with E-state index in [0.717, 1.165) is 12.1 Å². The standard InChI is InChI=1S/C17H11F3IN3O2S/c18-17(19,20)10-2-1-3-11(6-10)23-8-22-16-24(9-23)15(25)13(27-16)7-12-4-5-14(21)26-12/h1-7H,8-9H2. The molecule has 0 saturated carbocycles. The summed E-state index contributed by atoms with van der Waals surface area (Å²) in [7, 11) is 0. The van der Waals surface area contributed by atoms with Gasteiger partial charge in [0.2, 0.25) is 0 Å². The van der Waals surface area contributed by atoms with E-state index in [1.54, 1.807) is 29.2 Å². The van der Waals surface area contributed by atoms with Gasteiger partial charge in [-0.05, 0) is 52.9 Å². The van der Waals surface area contributed by atoms with Gasteiger partial charge >= 0.3 is 6.18 Å². The van der Waals surface area contributed by atoms with Crippen LogP contribution in [0.25, 0.3) is 6.08 Å². The summed E-state index contributed by atoms with van der Waals surface area (Å²) in [5.41, 5.74) is -0.616. The molecule has 10 heteroatoms. The lowest BCUT2D eigenvalue weighted by atomic mass is 10.2. The SMILES string of the molecule is O=c1c(=Cc2ccc(I)o2)sc2n1CN(c1cccc(C(F)(F)F)c1)CN=2. The van der Waals surface area contributed by atoms with Crippen molar-refractivity contribution in [1.82, 2.24) is 4.57 Å². The Morgan fingerprint density at radius 2 is 2.07 bits per heavy atom. The minimum atomic E-state index is -4.42. The Kier molecular flexibility index (Phi) is 4.62. The van der Waals surface area contributed by atoms with Gasteiger partial charge in [0.05, 0.1) is 10.1 Å². The molecule has 0 bridgehead atoms. The summed E-state index contributed by atoms with van der Waals surface area (Å²) in [6.45, 7) is 0.318. The van der Waals surface area contributed by atoms with Gasteiger partial charge in [-0.2, -0.15) is 13.2 Å². The van der Waals surface area contributed by atoms with E-state index in [1.807, 2.05) is 22.6 Å². The first-order valence-electron chi connectivity index (χ1n) is 7.75. The van der Waals surface area contributed by atoms with Crippen molar-refractivity contribution in [2.45, 2.75) is 12.8 Å². The fraction of sp³-hybridized carbons (Fsp3) is 0.176. The Hall–Kier alpha value is -2.08. The number of anilines is 1. The maximum atomic E-state index is 12.9. The fourth-order valence-corrected chi connectivity index (χ4v) is 4.07. The van der Waals surface area contributed by atoms with Crippen LogP contribution in [0.2, 0.25) is 0 Å². The maximum Gasteiger partial charge on any atom is 0.416 e. The molecular weight excluding hydrogens is 494 g/mol. The molecule has 1 aromatic carbocycles. The molecule has 3 aromatic rings. The topological polar surface area (TPSA) is 50.7 Å². The summed E-state index contributed by atoms with van der Waals surface area (Å²) in [6, 6.07) is 8.56. The average molecular weight is 505 g/mol. The lowest BCUT2D eigenvalue weighted by Gasteiger charge is -2.26. The highest BCUT2D eigenvalue weighted by Crippen LogP contribution is 2.31. The van der Waals surface area contributed by atoms with Crippen molar-refractivity contribution >= 4 is 45.7 Å². The van der Waals surface area contributed by atoms with Gasteiger partial charge in [0, 0.05) is 11.8 Å². The molecule has 4 rings (SSSR count). The highest BCUT2D eigenvalue weighted by molar-refractivity contribution is 14.1. The van der Waals surface area contributed by atoms with Gasteiger partial charge in [-0.25, -0.2) is 4.99 Å². The van der Waals surface area contributed by atoms with E-state index in [2.05, 4.69) is 4.99 Å². The van der Waals surface area contributed by atoms with Crippen LogP contribution in [0.15, 0.2) is 50.6 Å². The molecule has 0 unspecified atom stereocenters. The number of hydrogen-bond acceptors (Lipinski definition) is 5.